The molecule has 0 radical (unpaired) electrons. The Labute approximate surface area is 105 Å². The van der Waals surface area contributed by atoms with E-state index in [2.05, 4.69) is 5.32 Å². The number of benzene rings is 1. The normalized spacial score (nSPS) is 9.94. The summed E-state index contributed by atoms with van der Waals surface area (Å²) in [5, 5.41) is 3.83. The summed E-state index contributed by atoms with van der Waals surface area (Å²) in [4.78, 5) is 11.0. The predicted octanol–water partition coefficient (Wildman–Crippen LogP) is 3.28. The average Bonchev–Trinajstić information content (AvgIpc) is 2.22. The minimum absolute atomic E-state index is 0.369. The number of nitrogens with one attached hydrogen (secondary N) is 1. The second kappa shape index (κ2) is 6.61. The zero-order valence-corrected chi connectivity index (χ0v) is 10.4. The molecular formula is C11H13Cl2NO2. The van der Waals surface area contributed by atoms with Gasteiger partial charge in [0.15, 0.2) is 0 Å². The summed E-state index contributed by atoms with van der Waals surface area (Å²) in [6.07, 6.45) is 0.238. The first kappa shape index (κ1) is 13.1. The van der Waals surface area contributed by atoms with Crippen molar-refractivity contribution < 1.29 is 9.53 Å². The van der Waals surface area contributed by atoms with Crippen LogP contribution in [0.5, 0.6) is 0 Å². The number of amides is 1. The second-order valence-corrected chi connectivity index (χ2v) is 3.98. The minimum Gasteiger partial charge on any atom is -0.450 e. The van der Waals surface area contributed by atoms with Gasteiger partial charge in [0.05, 0.1) is 6.61 Å². The summed E-state index contributed by atoms with van der Waals surface area (Å²) in [6, 6.07) is 5.30. The third-order valence-electron chi connectivity index (χ3n) is 1.95. The number of hydrogen-bond acceptors (Lipinski definition) is 2. The Kier molecular flexibility index (Phi) is 5.43. The summed E-state index contributed by atoms with van der Waals surface area (Å²) >= 11 is 11.7. The van der Waals surface area contributed by atoms with E-state index in [9.17, 15) is 4.79 Å². The van der Waals surface area contributed by atoms with Crippen molar-refractivity contribution in [3.8, 4) is 0 Å². The van der Waals surface area contributed by atoms with Gasteiger partial charge in [0.25, 0.3) is 0 Å². The first-order chi connectivity index (χ1) is 7.63. The highest BCUT2D eigenvalue weighted by atomic mass is 35.5. The molecule has 1 rings (SSSR count). The molecule has 0 aliphatic rings. The number of rotatable bonds is 4. The smallest absolute Gasteiger partial charge is 0.407 e. The van der Waals surface area contributed by atoms with E-state index in [1.165, 1.54) is 0 Å². The van der Waals surface area contributed by atoms with Crippen LogP contribution in [0.4, 0.5) is 4.79 Å². The van der Waals surface area contributed by atoms with Gasteiger partial charge in [0, 0.05) is 16.6 Å². The van der Waals surface area contributed by atoms with Gasteiger partial charge in [-0.25, -0.2) is 4.79 Å². The van der Waals surface area contributed by atoms with Crippen LogP contribution in [0.1, 0.15) is 12.5 Å². The van der Waals surface area contributed by atoms with Gasteiger partial charge in [-0.2, -0.15) is 0 Å². The van der Waals surface area contributed by atoms with Crippen LogP contribution in [0.2, 0.25) is 10.0 Å². The van der Waals surface area contributed by atoms with E-state index in [1.807, 2.05) is 6.07 Å². The van der Waals surface area contributed by atoms with E-state index in [1.54, 1.807) is 19.1 Å². The first-order valence-corrected chi connectivity index (χ1v) is 5.73. The Morgan fingerprint density at radius 3 is 2.81 bits per heavy atom. The Bertz CT molecular complexity index is 369. The summed E-state index contributed by atoms with van der Waals surface area (Å²) in [6.45, 7) is 2.61. The molecule has 0 aromatic heterocycles. The lowest BCUT2D eigenvalue weighted by atomic mass is 10.1. The van der Waals surface area contributed by atoms with Crippen LogP contribution in [-0.2, 0) is 11.2 Å². The SMILES string of the molecule is CCOC(=O)NCCc1ccc(Cl)cc1Cl. The largest absolute Gasteiger partial charge is 0.450 e. The molecule has 0 bridgehead atoms. The lowest BCUT2D eigenvalue weighted by Crippen LogP contribution is -2.26. The molecule has 5 heteroatoms. The Balaban J connectivity index is 2.40. The van der Waals surface area contributed by atoms with Crippen LogP contribution < -0.4 is 5.32 Å². The third-order valence-corrected chi connectivity index (χ3v) is 2.54. The van der Waals surface area contributed by atoms with Crippen LogP contribution >= 0.6 is 23.2 Å². The van der Waals surface area contributed by atoms with Crippen molar-refractivity contribution in [3.63, 3.8) is 0 Å². The first-order valence-electron chi connectivity index (χ1n) is 4.98. The molecule has 1 aromatic rings. The predicted molar refractivity (Wildman–Crippen MR) is 65.2 cm³/mol. The van der Waals surface area contributed by atoms with Gasteiger partial charge in [-0.15, -0.1) is 0 Å². The molecule has 0 atom stereocenters. The minimum atomic E-state index is -0.410. The van der Waals surface area contributed by atoms with E-state index >= 15 is 0 Å². The van der Waals surface area contributed by atoms with E-state index in [-0.39, 0.29) is 0 Å². The van der Waals surface area contributed by atoms with Crippen LogP contribution in [0.15, 0.2) is 18.2 Å². The molecule has 0 spiro atoms. The fourth-order valence-electron chi connectivity index (χ4n) is 1.21. The van der Waals surface area contributed by atoms with Gasteiger partial charge in [-0.3, -0.25) is 0 Å². The number of carbonyl (C=O) groups excluding carboxylic acids is 1. The molecular weight excluding hydrogens is 249 g/mol. The molecule has 0 aliphatic carbocycles. The van der Waals surface area contributed by atoms with E-state index in [0.717, 1.165) is 5.56 Å². The topological polar surface area (TPSA) is 38.3 Å². The average molecular weight is 262 g/mol. The van der Waals surface area contributed by atoms with E-state index < -0.39 is 6.09 Å². The third kappa shape index (κ3) is 4.29. The van der Waals surface area contributed by atoms with Gasteiger partial charge >= 0.3 is 6.09 Å². The standard InChI is InChI=1S/C11H13Cl2NO2/c1-2-16-11(15)14-6-5-8-3-4-9(12)7-10(8)13/h3-4,7H,2,5-6H2,1H3,(H,14,15). The van der Waals surface area contributed by atoms with Crippen molar-refractivity contribution >= 4 is 29.3 Å². The summed E-state index contributed by atoms with van der Waals surface area (Å²) in [5.41, 5.74) is 0.947. The number of carbonyl (C=O) groups is 1. The van der Waals surface area contributed by atoms with Crippen LogP contribution in [0.25, 0.3) is 0 Å². The van der Waals surface area contributed by atoms with E-state index in [4.69, 9.17) is 27.9 Å². The van der Waals surface area contributed by atoms with Crippen LogP contribution in [0.3, 0.4) is 0 Å². The number of hydrogen-bond donors (Lipinski definition) is 1. The van der Waals surface area contributed by atoms with Crippen LogP contribution in [0, 0.1) is 0 Å². The molecule has 3 nitrogen and oxygen atoms in total. The highest BCUT2D eigenvalue weighted by molar-refractivity contribution is 6.35. The summed E-state index contributed by atoms with van der Waals surface area (Å²) < 4.78 is 4.73. The van der Waals surface area contributed by atoms with Crippen molar-refractivity contribution in [2.24, 2.45) is 0 Å². The van der Waals surface area contributed by atoms with Gasteiger partial charge in [0.2, 0.25) is 0 Å². The van der Waals surface area contributed by atoms with Crippen molar-refractivity contribution in [2.75, 3.05) is 13.2 Å². The molecule has 1 aromatic carbocycles. The van der Waals surface area contributed by atoms with Gasteiger partial charge < -0.3 is 10.1 Å². The molecule has 0 fully saturated rings. The lowest BCUT2D eigenvalue weighted by molar-refractivity contribution is 0.152. The van der Waals surface area contributed by atoms with Crippen molar-refractivity contribution in [2.45, 2.75) is 13.3 Å². The highest BCUT2D eigenvalue weighted by Gasteiger charge is 2.03. The second-order valence-electron chi connectivity index (χ2n) is 3.13. The number of ether oxygens (including phenoxy) is 1. The maximum atomic E-state index is 11.0. The van der Waals surface area contributed by atoms with Crippen LogP contribution in [-0.4, -0.2) is 19.2 Å². The number of halogens is 2. The summed E-state index contributed by atoms with van der Waals surface area (Å²) in [7, 11) is 0. The molecule has 16 heavy (non-hydrogen) atoms. The fraction of sp³-hybridized carbons (Fsp3) is 0.364. The van der Waals surface area contributed by atoms with Gasteiger partial charge in [-0.1, -0.05) is 29.3 Å². The molecule has 1 N–H and O–H groups in total. The zero-order valence-electron chi connectivity index (χ0n) is 8.93. The highest BCUT2D eigenvalue weighted by Crippen LogP contribution is 2.20. The molecule has 1 amide bonds. The van der Waals surface area contributed by atoms with Crippen molar-refractivity contribution in [1.82, 2.24) is 5.32 Å². The Morgan fingerprint density at radius 2 is 2.19 bits per heavy atom. The van der Waals surface area contributed by atoms with Crippen molar-refractivity contribution in [3.05, 3.63) is 33.8 Å². The Hall–Kier alpha value is -0.930. The monoisotopic (exact) mass is 261 g/mol. The zero-order chi connectivity index (χ0) is 12.0. The quantitative estimate of drug-likeness (QED) is 0.904. The molecule has 0 saturated heterocycles. The van der Waals surface area contributed by atoms with Gasteiger partial charge in [-0.05, 0) is 31.0 Å². The Morgan fingerprint density at radius 1 is 1.44 bits per heavy atom. The molecule has 0 saturated carbocycles. The maximum absolute atomic E-state index is 11.0. The van der Waals surface area contributed by atoms with Crippen molar-refractivity contribution in [1.29, 1.82) is 0 Å². The van der Waals surface area contributed by atoms with Gasteiger partial charge in [0.1, 0.15) is 0 Å². The lowest BCUT2D eigenvalue weighted by Gasteiger charge is -2.06. The molecule has 0 unspecified atom stereocenters. The molecule has 0 heterocycles. The van der Waals surface area contributed by atoms with E-state index in [0.29, 0.717) is 29.6 Å². The molecule has 0 aliphatic heterocycles. The summed E-state index contributed by atoms with van der Waals surface area (Å²) in [5.74, 6) is 0. The molecule has 88 valence electrons. The fourth-order valence-corrected chi connectivity index (χ4v) is 1.71. The maximum Gasteiger partial charge on any atom is 0.407 e. The number of alkyl carbamates (subject to hydrolysis) is 1.